The molecule has 8 heteroatoms. The van der Waals surface area contributed by atoms with Crippen LogP contribution in [0, 0.1) is 5.92 Å². The number of amides is 2. The van der Waals surface area contributed by atoms with E-state index in [1.54, 1.807) is 25.1 Å². The lowest BCUT2D eigenvalue weighted by Gasteiger charge is -2.31. The maximum absolute atomic E-state index is 13.0. The zero-order chi connectivity index (χ0) is 19.6. The van der Waals surface area contributed by atoms with Crippen LogP contribution in [0.4, 0.5) is 5.69 Å². The SMILES string of the molecule is CCOC(=O)[C@H]1CCC[NH+]([C@@H]2CC(=O)N(c3ccc(OC)c(Cl)c3)C2=O)C1. The van der Waals surface area contributed by atoms with Crippen LogP contribution in [0.3, 0.4) is 0 Å². The van der Waals surface area contributed by atoms with Crippen molar-refractivity contribution >= 4 is 35.1 Å². The van der Waals surface area contributed by atoms with Gasteiger partial charge in [0, 0.05) is 0 Å². The molecule has 2 fully saturated rings. The first-order chi connectivity index (χ1) is 13.0. The smallest absolute Gasteiger partial charge is 0.314 e. The summed E-state index contributed by atoms with van der Waals surface area (Å²) in [5, 5.41) is 0.340. The molecule has 0 saturated carbocycles. The molecule has 1 aromatic rings. The number of nitrogens with zero attached hydrogens (tertiary/aromatic N) is 1. The first-order valence-corrected chi connectivity index (χ1v) is 9.55. The molecule has 0 bridgehead atoms. The molecule has 27 heavy (non-hydrogen) atoms. The van der Waals surface area contributed by atoms with Crippen molar-refractivity contribution in [2.45, 2.75) is 32.2 Å². The molecule has 2 aliphatic rings. The van der Waals surface area contributed by atoms with E-state index in [9.17, 15) is 14.4 Å². The van der Waals surface area contributed by atoms with Crippen LogP contribution in [-0.4, -0.2) is 50.6 Å². The highest BCUT2D eigenvalue weighted by Gasteiger charge is 2.47. The van der Waals surface area contributed by atoms with E-state index in [0.29, 0.717) is 29.6 Å². The lowest BCUT2D eigenvalue weighted by atomic mass is 9.96. The van der Waals surface area contributed by atoms with Crippen LogP contribution in [0.1, 0.15) is 26.2 Å². The highest BCUT2D eigenvalue weighted by Crippen LogP contribution is 2.31. The number of benzene rings is 1. The van der Waals surface area contributed by atoms with Gasteiger partial charge in [0.2, 0.25) is 5.91 Å². The van der Waals surface area contributed by atoms with Gasteiger partial charge in [0.05, 0.1) is 43.9 Å². The average molecular weight is 396 g/mol. The van der Waals surface area contributed by atoms with Gasteiger partial charge in [-0.05, 0) is 38.0 Å². The van der Waals surface area contributed by atoms with Crippen LogP contribution in [0.15, 0.2) is 18.2 Å². The molecule has 0 aliphatic carbocycles. The summed E-state index contributed by atoms with van der Waals surface area (Å²) in [6, 6.07) is 4.37. The maximum Gasteiger partial charge on any atom is 0.314 e. The van der Waals surface area contributed by atoms with E-state index in [1.165, 1.54) is 12.0 Å². The van der Waals surface area contributed by atoms with Crippen molar-refractivity contribution in [1.82, 2.24) is 0 Å². The fourth-order valence-electron chi connectivity index (χ4n) is 3.89. The Morgan fingerprint density at radius 1 is 1.37 bits per heavy atom. The van der Waals surface area contributed by atoms with Crippen molar-refractivity contribution < 1.29 is 28.8 Å². The minimum Gasteiger partial charge on any atom is -0.495 e. The predicted octanol–water partition coefficient (Wildman–Crippen LogP) is 0.839. The molecule has 7 nitrogen and oxygen atoms in total. The Kier molecular flexibility index (Phi) is 6.01. The first kappa shape index (κ1) is 19.6. The molecule has 1 aromatic carbocycles. The molecule has 3 atom stereocenters. The van der Waals surface area contributed by atoms with Crippen LogP contribution in [-0.2, 0) is 19.1 Å². The molecular weight excluding hydrogens is 372 g/mol. The standard InChI is InChI=1S/C19H23ClN2O5/c1-3-27-19(25)12-5-4-8-21(11-12)15-10-17(23)22(18(15)24)13-6-7-16(26-2)14(20)9-13/h6-7,9,12,15H,3-5,8,10-11H2,1-2H3/p+1/t12-,15+/m0/s1. The molecule has 1 unspecified atom stereocenters. The van der Waals surface area contributed by atoms with E-state index in [4.69, 9.17) is 21.1 Å². The van der Waals surface area contributed by atoms with Gasteiger partial charge < -0.3 is 14.4 Å². The van der Waals surface area contributed by atoms with E-state index >= 15 is 0 Å². The highest BCUT2D eigenvalue weighted by molar-refractivity contribution is 6.32. The normalized spacial score (nSPS) is 25.6. The number of halogens is 1. The van der Waals surface area contributed by atoms with Gasteiger partial charge in [-0.1, -0.05) is 11.6 Å². The van der Waals surface area contributed by atoms with Gasteiger partial charge in [-0.2, -0.15) is 0 Å². The topological polar surface area (TPSA) is 77.3 Å². The van der Waals surface area contributed by atoms with E-state index < -0.39 is 6.04 Å². The number of rotatable bonds is 5. The summed E-state index contributed by atoms with van der Waals surface area (Å²) in [5.41, 5.74) is 0.441. The lowest BCUT2D eigenvalue weighted by Crippen LogP contribution is -3.18. The third-order valence-corrected chi connectivity index (χ3v) is 5.51. The Morgan fingerprint density at radius 3 is 2.81 bits per heavy atom. The molecule has 2 amide bonds. The lowest BCUT2D eigenvalue weighted by molar-refractivity contribution is -0.922. The van der Waals surface area contributed by atoms with Crippen molar-refractivity contribution in [2.75, 3.05) is 31.7 Å². The number of anilines is 1. The molecule has 2 saturated heterocycles. The van der Waals surface area contributed by atoms with E-state index in [2.05, 4.69) is 0 Å². The minimum absolute atomic E-state index is 0.132. The highest BCUT2D eigenvalue weighted by atomic mass is 35.5. The van der Waals surface area contributed by atoms with Gasteiger partial charge in [-0.15, -0.1) is 0 Å². The van der Waals surface area contributed by atoms with Crippen LogP contribution >= 0.6 is 11.6 Å². The fourth-order valence-corrected chi connectivity index (χ4v) is 4.14. The Hall–Kier alpha value is -2.12. The average Bonchev–Trinajstić information content (AvgIpc) is 2.96. The van der Waals surface area contributed by atoms with Crippen LogP contribution in [0.25, 0.3) is 0 Å². The second-order valence-electron chi connectivity index (χ2n) is 6.85. The summed E-state index contributed by atoms with van der Waals surface area (Å²) in [4.78, 5) is 39.8. The summed E-state index contributed by atoms with van der Waals surface area (Å²) in [7, 11) is 1.50. The Balaban J connectivity index is 1.75. The molecule has 3 rings (SSSR count). The van der Waals surface area contributed by atoms with Gasteiger partial charge in [0.25, 0.3) is 5.91 Å². The number of esters is 1. The number of methoxy groups -OCH3 is 1. The van der Waals surface area contributed by atoms with Crippen molar-refractivity contribution in [3.63, 3.8) is 0 Å². The van der Waals surface area contributed by atoms with Gasteiger partial charge in [0.15, 0.2) is 6.04 Å². The third kappa shape index (κ3) is 3.94. The summed E-state index contributed by atoms with van der Waals surface area (Å²) >= 11 is 6.14. The first-order valence-electron chi connectivity index (χ1n) is 9.17. The number of carbonyl (C=O) groups is 3. The third-order valence-electron chi connectivity index (χ3n) is 5.21. The molecule has 0 aromatic heterocycles. The van der Waals surface area contributed by atoms with Gasteiger partial charge in [-0.25, -0.2) is 4.90 Å². The van der Waals surface area contributed by atoms with Crippen LogP contribution < -0.4 is 14.5 Å². The number of hydrogen-bond donors (Lipinski definition) is 1. The van der Waals surface area contributed by atoms with Crippen LogP contribution in [0.2, 0.25) is 5.02 Å². The molecule has 2 aliphatic heterocycles. The quantitative estimate of drug-likeness (QED) is 0.590. The summed E-state index contributed by atoms with van der Waals surface area (Å²) < 4.78 is 10.2. The second kappa shape index (κ2) is 8.27. The molecule has 0 spiro atoms. The monoisotopic (exact) mass is 395 g/mol. The van der Waals surface area contributed by atoms with Gasteiger partial charge in [-0.3, -0.25) is 14.4 Å². The number of piperidine rings is 1. The summed E-state index contributed by atoms with van der Waals surface area (Å²) in [5.74, 6) is -0.459. The van der Waals surface area contributed by atoms with E-state index in [-0.39, 0.29) is 30.1 Å². The van der Waals surface area contributed by atoms with Crippen molar-refractivity contribution in [3.8, 4) is 5.75 Å². The predicted molar refractivity (Wildman–Crippen MR) is 99.0 cm³/mol. The number of hydrogen-bond acceptors (Lipinski definition) is 5. The molecule has 0 radical (unpaired) electrons. The zero-order valence-corrected chi connectivity index (χ0v) is 16.3. The number of nitrogens with one attached hydrogen (secondary N) is 1. The largest absolute Gasteiger partial charge is 0.495 e. The number of imide groups is 1. The van der Waals surface area contributed by atoms with Crippen molar-refractivity contribution in [2.24, 2.45) is 5.92 Å². The summed E-state index contributed by atoms with van der Waals surface area (Å²) in [6.07, 6.45) is 1.72. The number of quaternary nitrogens is 1. The molecule has 146 valence electrons. The number of ether oxygens (including phenoxy) is 2. The van der Waals surface area contributed by atoms with E-state index in [1.807, 2.05) is 0 Å². The maximum atomic E-state index is 13.0. The minimum atomic E-state index is -0.476. The van der Waals surface area contributed by atoms with Gasteiger partial charge in [0.1, 0.15) is 11.7 Å². The van der Waals surface area contributed by atoms with Gasteiger partial charge >= 0.3 is 5.97 Å². The Bertz CT molecular complexity index is 754. The van der Waals surface area contributed by atoms with E-state index in [0.717, 1.165) is 24.3 Å². The number of likely N-dealkylation sites (tertiary alicyclic amines) is 1. The van der Waals surface area contributed by atoms with Crippen LogP contribution in [0.5, 0.6) is 5.75 Å². The fraction of sp³-hybridized carbons (Fsp3) is 0.526. The zero-order valence-electron chi connectivity index (χ0n) is 15.5. The van der Waals surface area contributed by atoms with Crippen molar-refractivity contribution in [3.05, 3.63) is 23.2 Å². The number of carbonyl (C=O) groups excluding carboxylic acids is 3. The molecule has 1 N–H and O–H groups in total. The molecular formula is C19H24ClN2O5+. The Morgan fingerprint density at radius 2 is 2.15 bits per heavy atom. The second-order valence-corrected chi connectivity index (χ2v) is 7.25. The Labute approximate surface area is 163 Å². The molecule has 2 heterocycles. The summed E-state index contributed by atoms with van der Waals surface area (Å²) in [6.45, 7) is 3.40. The van der Waals surface area contributed by atoms with Crippen molar-refractivity contribution in [1.29, 1.82) is 0 Å².